The lowest BCUT2D eigenvalue weighted by Gasteiger charge is -2.03. The lowest BCUT2D eigenvalue weighted by atomic mass is 10.2. The number of fused-ring (bicyclic) bond motifs is 1. The topological polar surface area (TPSA) is 4.93 Å². The maximum Gasteiger partial charge on any atom is 0.0480 e. The highest BCUT2D eigenvalue weighted by Gasteiger charge is 2.21. The average Bonchev–Trinajstić information content (AvgIpc) is 2.89. The van der Waals surface area contributed by atoms with Gasteiger partial charge in [-0.3, -0.25) is 0 Å². The predicted octanol–water partition coefficient (Wildman–Crippen LogP) is 3.36. The van der Waals surface area contributed by atoms with Crippen molar-refractivity contribution < 1.29 is 0 Å². The van der Waals surface area contributed by atoms with Crippen molar-refractivity contribution in [2.45, 2.75) is 26.3 Å². The van der Waals surface area contributed by atoms with Crippen LogP contribution in [0.25, 0.3) is 10.9 Å². The van der Waals surface area contributed by atoms with Crippen molar-refractivity contribution in [1.82, 2.24) is 4.57 Å². The Morgan fingerprint density at radius 3 is 2.93 bits per heavy atom. The van der Waals surface area contributed by atoms with Crippen molar-refractivity contribution >= 4 is 10.9 Å². The zero-order chi connectivity index (χ0) is 9.54. The van der Waals surface area contributed by atoms with Crippen LogP contribution in [0.1, 0.15) is 18.4 Å². The van der Waals surface area contributed by atoms with E-state index >= 15 is 0 Å². The minimum absolute atomic E-state index is 0.951. The summed E-state index contributed by atoms with van der Waals surface area (Å²) in [5.74, 6) is 0.951. The van der Waals surface area contributed by atoms with Crippen molar-refractivity contribution in [3.63, 3.8) is 0 Å². The Balaban J connectivity index is 2.06. The van der Waals surface area contributed by atoms with Gasteiger partial charge in [-0.05, 0) is 49.3 Å². The first kappa shape index (κ1) is 8.10. The first-order chi connectivity index (χ1) is 6.83. The Kier molecular flexibility index (Phi) is 1.66. The van der Waals surface area contributed by atoms with Crippen molar-refractivity contribution in [3.05, 3.63) is 36.0 Å². The highest BCUT2D eigenvalue weighted by molar-refractivity contribution is 5.80. The zero-order valence-corrected chi connectivity index (χ0v) is 8.53. The van der Waals surface area contributed by atoms with Crippen LogP contribution in [-0.2, 0) is 6.54 Å². The van der Waals surface area contributed by atoms with Gasteiger partial charge in [-0.25, -0.2) is 0 Å². The molecule has 1 saturated carbocycles. The summed E-state index contributed by atoms with van der Waals surface area (Å²) < 4.78 is 2.40. The van der Waals surface area contributed by atoms with E-state index in [1.54, 1.807) is 0 Å². The van der Waals surface area contributed by atoms with Gasteiger partial charge in [0.2, 0.25) is 0 Å². The van der Waals surface area contributed by atoms with Crippen LogP contribution in [0.4, 0.5) is 0 Å². The number of rotatable bonds is 2. The molecule has 3 rings (SSSR count). The Hall–Kier alpha value is -1.24. The largest absolute Gasteiger partial charge is 0.347 e. The Labute approximate surface area is 84.4 Å². The predicted molar refractivity (Wildman–Crippen MR) is 59.4 cm³/mol. The van der Waals surface area contributed by atoms with E-state index in [-0.39, 0.29) is 0 Å². The fourth-order valence-electron chi connectivity index (χ4n) is 2.06. The van der Waals surface area contributed by atoms with Gasteiger partial charge in [-0.2, -0.15) is 0 Å². The Morgan fingerprint density at radius 1 is 1.29 bits per heavy atom. The van der Waals surface area contributed by atoms with Gasteiger partial charge in [0, 0.05) is 18.3 Å². The molecule has 1 heterocycles. The summed E-state index contributed by atoms with van der Waals surface area (Å²) in [7, 11) is 0. The summed E-state index contributed by atoms with van der Waals surface area (Å²) in [6.07, 6.45) is 5.07. The van der Waals surface area contributed by atoms with Crippen LogP contribution in [0.5, 0.6) is 0 Å². The van der Waals surface area contributed by atoms with Crippen LogP contribution in [0.15, 0.2) is 30.5 Å². The molecule has 1 aromatic carbocycles. The molecule has 0 aliphatic heterocycles. The molecular weight excluding hydrogens is 170 g/mol. The number of aryl methyl sites for hydroxylation is 1. The first-order valence-corrected chi connectivity index (χ1v) is 5.38. The molecule has 0 saturated heterocycles. The van der Waals surface area contributed by atoms with Gasteiger partial charge in [0.15, 0.2) is 0 Å². The fraction of sp³-hybridized carbons (Fsp3) is 0.385. The van der Waals surface area contributed by atoms with Crippen LogP contribution in [-0.4, -0.2) is 4.57 Å². The van der Waals surface area contributed by atoms with E-state index in [9.17, 15) is 0 Å². The molecule has 2 aromatic rings. The van der Waals surface area contributed by atoms with Crippen LogP contribution in [0, 0.1) is 12.8 Å². The second kappa shape index (κ2) is 2.88. The molecule has 1 aliphatic carbocycles. The van der Waals surface area contributed by atoms with Gasteiger partial charge in [-0.15, -0.1) is 0 Å². The van der Waals surface area contributed by atoms with Crippen molar-refractivity contribution in [2.75, 3.05) is 0 Å². The van der Waals surface area contributed by atoms with E-state index in [1.807, 2.05) is 0 Å². The summed E-state index contributed by atoms with van der Waals surface area (Å²) in [4.78, 5) is 0. The zero-order valence-electron chi connectivity index (χ0n) is 8.53. The number of aromatic nitrogens is 1. The molecule has 1 heteroatoms. The normalized spacial score (nSPS) is 16.4. The standard InChI is InChI=1S/C13H15N/c1-10-2-5-13-12(8-10)6-7-14(13)9-11-3-4-11/h2,5-8,11H,3-4,9H2,1H3. The summed E-state index contributed by atoms with van der Waals surface area (Å²) in [5.41, 5.74) is 2.74. The van der Waals surface area contributed by atoms with Gasteiger partial charge in [0.1, 0.15) is 0 Å². The lowest BCUT2D eigenvalue weighted by Crippen LogP contribution is -1.96. The van der Waals surface area contributed by atoms with E-state index in [0.29, 0.717) is 0 Å². The minimum Gasteiger partial charge on any atom is -0.347 e. The molecule has 0 unspecified atom stereocenters. The molecule has 0 spiro atoms. The molecule has 1 fully saturated rings. The minimum atomic E-state index is 0.951. The van der Waals surface area contributed by atoms with Crippen molar-refractivity contribution in [2.24, 2.45) is 5.92 Å². The molecule has 1 aliphatic rings. The fourth-order valence-corrected chi connectivity index (χ4v) is 2.06. The maximum atomic E-state index is 2.40. The Bertz CT molecular complexity index is 463. The van der Waals surface area contributed by atoms with Crippen LogP contribution < -0.4 is 0 Å². The van der Waals surface area contributed by atoms with Gasteiger partial charge >= 0.3 is 0 Å². The van der Waals surface area contributed by atoms with Gasteiger partial charge < -0.3 is 4.57 Å². The highest BCUT2D eigenvalue weighted by Crippen LogP contribution is 2.32. The van der Waals surface area contributed by atoms with E-state index in [0.717, 1.165) is 5.92 Å². The molecule has 0 atom stereocenters. The average molecular weight is 185 g/mol. The molecule has 0 radical (unpaired) electrons. The molecule has 1 aromatic heterocycles. The third-order valence-corrected chi connectivity index (χ3v) is 3.08. The SMILES string of the molecule is Cc1ccc2c(ccn2CC2CC2)c1. The third-order valence-electron chi connectivity index (χ3n) is 3.08. The third kappa shape index (κ3) is 1.33. The number of benzene rings is 1. The summed E-state index contributed by atoms with van der Waals surface area (Å²) in [6, 6.07) is 8.93. The second-order valence-corrected chi connectivity index (χ2v) is 4.47. The van der Waals surface area contributed by atoms with E-state index in [2.05, 4.69) is 42.0 Å². The number of hydrogen-bond acceptors (Lipinski definition) is 0. The smallest absolute Gasteiger partial charge is 0.0480 e. The van der Waals surface area contributed by atoms with Crippen LogP contribution >= 0.6 is 0 Å². The molecule has 72 valence electrons. The molecule has 1 nitrogen and oxygen atoms in total. The molecule has 0 bridgehead atoms. The first-order valence-electron chi connectivity index (χ1n) is 5.38. The van der Waals surface area contributed by atoms with Crippen LogP contribution in [0.2, 0.25) is 0 Å². The second-order valence-electron chi connectivity index (χ2n) is 4.47. The van der Waals surface area contributed by atoms with Gasteiger partial charge in [0.05, 0.1) is 0 Å². The van der Waals surface area contributed by atoms with E-state index in [1.165, 1.54) is 35.9 Å². The van der Waals surface area contributed by atoms with Crippen molar-refractivity contribution in [3.8, 4) is 0 Å². The van der Waals surface area contributed by atoms with Crippen molar-refractivity contribution in [1.29, 1.82) is 0 Å². The highest BCUT2D eigenvalue weighted by atomic mass is 15.0. The summed E-state index contributed by atoms with van der Waals surface area (Å²) in [6.45, 7) is 3.37. The van der Waals surface area contributed by atoms with E-state index < -0.39 is 0 Å². The van der Waals surface area contributed by atoms with Crippen LogP contribution in [0.3, 0.4) is 0 Å². The Morgan fingerprint density at radius 2 is 2.14 bits per heavy atom. The molecular formula is C13H15N. The molecule has 0 N–H and O–H groups in total. The quantitative estimate of drug-likeness (QED) is 0.676. The summed E-state index contributed by atoms with van der Waals surface area (Å²) >= 11 is 0. The molecule has 0 amide bonds. The number of hydrogen-bond donors (Lipinski definition) is 0. The van der Waals surface area contributed by atoms with Gasteiger partial charge in [0.25, 0.3) is 0 Å². The monoisotopic (exact) mass is 185 g/mol. The maximum absolute atomic E-state index is 2.40. The lowest BCUT2D eigenvalue weighted by molar-refractivity contribution is 0.647. The summed E-state index contributed by atoms with van der Waals surface area (Å²) in [5, 5.41) is 1.38. The molecule has 14 heavy (non-hydrogen) atoms. The van der Waals surface area contributed by atoms with Gasteiger partial charge in [-0.1, -0.05) is 11.6 Å². The number of nitrogens with zero attached hydrogens (tertiary/aromatic N) is 1. The van der Waals surface area contributed by atoms with E-state index in [4.69, 9.17) is 0 Å².